The van der Waals surface area contributed by atoms with E-state index in [-0.39, 0.29) is 11.1 Å². The molecule has 4 aromatic rings. The van der Waals surface area contributed by atoms with E-state index in [9.17, 15) is 4.39 Å². The maximum atomic E-state index is 14.8. The molecule has 4 rings (SSSR count). The number of aromatic nitrogens is 5. The molecule has 0 saturated carbocycles. The average Bonchev–Trinajstić information content (AvgIpc) is 3.10. The van der Waals surface area contributed by atoms with Crippen LogP contribution < -0.4 is 0 Å². The van der Waals surface area contributed by atoms with Gasteiger partial charge in [0.15, 0.2) is 5.82 Å². The van der Waals surface area contributed by atoms with E-state index in [0.29, 0.717) is 16.8 Å². The van der Waals surface area contributed by atoms with Crippen molar-refractivity contribution >= 4 is 11.0 Å². The number of nitriles is 1. The topological polar surface area (TPSA) is 91.1 Å². The van der Waals surface area contributed by atoms with E-state index in [2.05, 4.69) is 25.4 Å². The Labute approximate surface area is 135 Å². The van der Waals surface area contributed by atoms with E-state index < -0.39 is 5.82 Å². The molecule has 24 heavy (non-hydrogen) atoms. The first-order valence-corrected chi connectivity index (χ1v) is 7.08. The second-order valence-electron chi connectivity index (χ2n) is 5.10. The van der Waals surface area contributed by atoms with E-state index in [0.717, 1.165) is 11.1 Å². The van der Waals surface area contributed by atoms with Crippen LogP contribution in [-0.2, 0) is 0 Å². The molecule has 114 valence electrons. The molecule has 0 saturated heterocycles. The number of rotatable bonds is 2. The fourth-order valence-corrected chi connectivity index (χ4v) is 2.59. The maximum absolute atomic E-state index is 14.8. The van der Waals surface area contributed by atoms with Crippen molar-refractivity contribution in [3.05, 3.63) is 60.3 Å². The molecule has 0 radical (unpaired) electrons. The van der Waals surface area contributed by atoms with Gasteiger partial charge in [0.1, 0.15) is 11.6 Å². The van der Waals surface area contributed by atoms with Gasteiger partial charge < -0.3 is 0 Å². The van der Waals surface area contributed by atoms with Gasteiger partial charge in [-0.1, -0.05) is 17.3 Å². The molecule has 2 aromatic carbocycles. The first-order chi connectivity index (χ1) is 11.8. The lowest BCUT2D eigenvalue weighted by Crippen LogP contribution is -1.96. The number of nitrogens with zero attached hydrogens (tertiary/aromatic N) is 5. The summed E-state index contributed by atoms with van der Waals surface area (Å²) in [4.78, 5) is 8.17. The zero-order valence-electron chi connectivity index (χ0n) is 12.2. The molecule has 1 N–H and O–H groups in total. The van der Waals surface area contributed by atoms with E-state index in [4.69, 9.17) is 5.26 Å². The molecule has 7 heteroatoms. The summed E-state index contributed by atoms with van der Waals surface area (Å²) >= 11 is 0. The Bertz CT molecular complexity index is 1080. The highest BCUT2D eigenvalue weighted by Crippen LogP contribution is 2.35. The number of benzene rings is 2. The highest BCUT2D eigenvalue weighted by Gasteiger charge is 2.18. The van der Waals surface area contributed by atoms with Crippen LogP contribution in [-0.4, -0.2) is 25.4 Å². The van der Waals surface area contributed by atoms with Gasteiger partial charge in [-0.05, 0) is 29.3 Å². The molecule has 6 nitrogen and oxygen atoms in total. The molecule has 0 fully saturated rings. The first-order valence-electron chi connectivity index (χ1n) is 7.08. The molecule has 0 aliphatic heterocycles. The summed E-state index contributed by atoms with van der Waals surface area (Å²) in [5, 5.41) is 19.6. The Hall–Kier alpha value is -3.66. The number of aromatic amines is 1. The molecular formula is C17H9FN6. The van der Waals surface area contributed by atoms with Crippen molar-refractivity contribution in [1.82, 2.24) is 25.4 Å². The zero-order chi connectivity index (χ0) is 16.5. The smallest absolute Gasteiger partial charge is 0.151 e. The normalized spacial score (nSPS) is 10.7. The highest BCUT2D eigenvalue weighted by molar-refractivity contribution is 5.88. The summed E-state index contributed by atoms with van der Waals surface area (Å²) in [6, 6.07) is 10.5. The lowest BCUT2D eigenvalue weighted by molar-refractivity contribution is 0.627. The van der Waals surface area contributed by atoms with Crippen LogP contribution in [0, 0.1) is 17.1 Å². The first kappa shape index (κ1) is 14.0. The Morgan fingerprint density at radius 1 is 1.12 bits per heavy atom. The van der Waals surface area contributed by atoms with Gasteiger partial charge in [0.25, 0.3) is 0 Å². The predicted molar refractivity (Wildman–Crippen MR) is 85.0 cm³/mol. The minimum absolute atomic E-state index is 0.0399. The van der Waals surface area contributed by atoms with Crippen LogP contribution >= 0.6 is 0 Å². The van der Waals surface area contributed by atoms with Crippen LogP contribution in [0.25, 0.3) is 33.4 Å². The second-order valence-corrected chi connectivity index (χ2v) is 5.10. The molecule has 0 aliphatic carbocycles. The Morgan fingerprint density at radius 3 is 2.83 bits per heavy atom. The van der Waals surface area contributed by atoms with Crippen molar-refractivity contribution in [1.29, 1.82) is 5.26 Å². The van der Waals surface area contributed by atoms with Crippen molar-refractivity contribution in [2.45, 2.75) is 0 Å². The molecule has 0 atom stereocenters. The molecule has 0 unspecified atom stereocenters. The zero-order valence-corrected chi connectivity index (χ0v) is 12.2. The van der Waals surface area contributed by atoms with Gasteiger partial charge in [-0.25, -0.2) is 4.39 Å². The van der Waals surface area contributed by atoms with Crippen LogP contribution in [0.4, 0.5) is 4.39 Å². The predicted octanol–water partition coefficient (Wildman–Crippen LogP) is 3.09. The molecule has 0 bridgehead atoms. The standard InChI is InChI=1S/C17H9FN6/c18-17-11(8-19)1-3-12(16(17)15-9-20-5-6-21-15)10-2-4-13-14(7-10)23-24-22-13/h1-7,9H,(H,22,23,24). The fourth-order valence-electron chi connectivity index (χ4n) is 2.59. The van der Waals surface area contributed by atoms with Crippen LogP contribution in [0.2, 0.25) is 0 Å². The minimum Gasteiger partial charge on any atom is -0.261 e. The lowest BCUT2D eigenvalue weighted by atomic mass is 9.95. The molecule has 2 heterocycles. The van der Waals surface area contributed by atoms with E-state index >= 15 is 0 Å². The van der Waals surface area contributed by atoms with Crippen molar-refractivity contribution in [2.75, 3.05) is 0 Å². The molecule has 2 aromatic heterocycles. The van der Waals surface area contributed by atoms with E-state index in [1.54, 1.807) is 12.1 Å². The van der Waals surface area contributed by atoms with Crippen molar-refractivity contribution in [3.8, 4) is 28.5 Å². The Balaban J connectivity index is 2.01. The summed E-state index contributed by atoms with van der Waals surface area (Å²) in [6.45, 7) is 0. The second kappa shape index (κ2) is 5.52. The Kier molecular flexibility index (Phi) is 3.21. The molecular weight excluding hydrogens is 307 g/mol. The number of fused-ring (bicyclic) bond motifs is 1. The summed E-state index contributed by atoms with van der Waals surface area (Å²) < 4.78 is 14.8. The van der Waals surface area contributed by atoms with Crippen molar-refractivity contribution < 1.29 is 4.39 Å². The third kappa shape index (κ3) is 2.18. The third-order valence-electron chi connectivity index (χ3n) is 3.72. The highest BCUT2D eigenvalue weighted by atomic mass is 19.1. The maximum Gasteiger partial charge on any atom is 0.151 e. The van der Waals surface area contributed by atoms with Crippen LogP contribution in [0.1, 0.15) is 5.56 Å². The van der Waals surface area contributed by atoms with Gasteiger partial charge >= 0.3 is 0 Å². The lowest BCUT2D eigenvalue weighted by Gasteiger charge is -2.11. The van der Waals surface area contributed by atoms with Crippen molar-refractivity contribution in [2.24, 2.45) is 0 Å². The SMILES string of the molecule is N#Cc1ccc(-c2ccc3[nH]nnc3c2)c(-c2cnccn2)c1F. The average molecular weight is 316 g/mol. The quantitative estimate of drug-likeness (QED) is 0.613. The monoisotopic (exact) mass is 316 g/mol. The van der Waals surface area contributed by atoms with E-state index in [1.165, 1.54) is 24.7 Å². The van der Waals surface area contributed by atoms with Crippen LogP contribution in [0.15, 0.2) is 48.9 Å². The summed E-state index contributed by atoms with van der Waals surface area (Å²) in [6.07, 6.45) is 4.47. The molecule has 0 aliphatic rings. The van der Waals surface area contributed by atoms with Gasteiger partial charge in [-0.15, -0.1) is 5.10 Å². The third-order valence-corrected chi connectivity index (χ3v) is 3.72. The number of nitrogens with one attached hydrogen (secondary N) is 1. The van der Waals surface area contributed by atoms with Crippen LogP contribution in [0.3, 0.4) is 0 Å². The Morgan fingerprint density at radius 2 is 2.04 bits per heavy atom. The van der Waals surface area contributed by atoms with Gasteiger partial charge in [-0.2, -0.15) is 5.26 Å². The fraction of sp³-hybridized carbons (Fsp3) is 0. The van der Waals surface area contributed by atoms with Crippen molar-refractivity contribution in [3.63, 3.8) is 0 Å². The number of H-pyrrole nitrogens is 1. The number of hydrogen-bond donors (Lipinski definition) is 1. The summed E-state index contributed by atoms with van der Waals surface area (Å²) in [5.41, 5.74) is 3.38. The summed E-state index contributed by atoms with van der Waals surface area (Å²) in [7, 11) is 0. The largest absolute Gasteiger partial charge is 0.261 e. The van der Waals surface area contributed by atoms with Gasteiger partial charge in [0.2, 0.25) is 0 Å². The minimum atomic E-state index is -0.615. The van der Waals surface area contributed by atoms with Gasteiger partial charge in [0.05, 0.1) is 23.0 Å². The molecule has 0 spiro atoms. The number of hydrogen-bond acceptors (Lipinski definition) is 5. The molecule has 0 amide bonds. The van der Waals surface area contributed by atoms with Crippen LogP contribution in [0.5, 0.6) is 0 Å². The van der Waals surface area contributed by atoms with Gasteiger partial charge in [0, 0.05) is 18.0 Å². The number of halogens is 1. The summed E-state index contributed by atoms with van der Waals surface area (Å²) in [5.74, 6) is -0.615. The van der Waals surface area contributed by atoms with E-state index in [1.807, 2.05) is 18.2 Å². The van der Waals surface area contributed by atoms with Gasteiger partial charge in [-0.3, -0.25) is 15.1 Å².